The first kappa shape index (κ1) is 14.2. The molecule has 1 unspecified atom stereocenters. The maximum atomic E-state index is 11.8. The van der Waals surface area contributed by atoms with Gasteiger partial charge in [-0.05, 0) is 43.1 Å². The molecule has 1 aromatic carbocycles. The summed E-state index contributed by atoms with van der Waals surface area (Å²) in [4.78, 5) is 11.8. The molecule has 1 aromatic rings. The lowest BCUT2D eigenvalue weighted by Crippen LogP contribution is -2.21. The van der Waals surface area contributed by atoms with Gasteiger partial charge in [-0.3, -0.25) is 4.79 Å². The lowest BCUT2D eigenvalue weighted by Gasteiger charge is -2.12. The molecule has 0 aliphatic carbocycles. The van der Waals surface area contributed by atoms with E-state index >= 15 is 0 Å². The highest BCUT2D eigenvalue weighted by molar-refractivity contribution is 9.10. The third kappa shape index (κ3) is 4.48. The first-order valence-corrected chi connectivity index (χ1v) is 6.62. The van der Waals surface area contributed by atoms with Crippen molar-refractivity contribution in [1.29, 1.82) is 0 Å². The molecule has 4 heteroatoms. The van der Waals surface area contributed by atoms with Crippen LogP contribution in [0.1, 0.15) is 25.3 Å². The molecule has 0 aromatic heterocycles. The number of nitrogens with two attached hydrogens (primary N) is 1. The molecule has 0 saturated heterocycles. The van der Waals surface area contributed by atoms with Gasteiger partial charge in [-0.25, -0.2) is 0 Å². The van der Waals surface area contributed by atoms with Gasteiger partial charge in [-0.15, -0.1) is 0 Å². The van der Waals surface area contributed by atoms with Gasteiger partial charge in [0.05, 0.1) is 0 Å². The standard InChI is InChI=1S/C13H19BrN2O/c1-3-10(8-15)7-13(17)16-11-4-5-12(14)9(2)6-11/h4-6,10H,3,7-8,15H2,1-2H3,(H,16,17). The van der Waals surface area contributed by atoms with Crippen LogP contribution in [0.25, 0.3) is 0 Å². The normalized spacial score (nSPS) is 12.2. The van der Waals surface area contributed by atoms with Crippen molar-refractivity contribution < 1.29 is 4.79 Å². The lowest BCUT2D eigenvalue weighted by atomic mass is 10.0. The van der Waals surface area contributed by atoms with Crippen molar-refractivity contribution in [3.05, 3.63) is 28.2 Å². The van der Waals surface area contributed by atoms with Gasteiger partial charge in [-0.2, -0.15) is 0 Å². The van der Waals surface area contributed by atoms with Gasteiger partial charge in [0.15, 0.2) is 0 Å². The molecule has 0 radical (unpaired) electrons. The fourth-order valence-corrected chi connectivity index (χ4v) is 1.84. The number of nitrogens with one attached hydrogen (secondary N) is 1. The van der Waals surface area contributed by atoms with Gasteiger partial charge in [-0.1, -0.05) is 29.3 Å². The van der Waals surface area contributed by atoms with E-state index < -0.39 is 0 Å². The van der Waals surface area contributed by atoms with Gasteiger partial charge in [0.25, 0.3) is 0 Å². The topological polar surface area (TPSA) is 55.1 Å². The molecular formula is C13H19BrN2O. The van der Waals surface area contributed by atoms with Crippen LogP contribution in [0.2, 0.25) is 0 Å². The van der Waals surface area contributed by atoms with E-state index in [1.165, 1.54) is 0 Å². The van der Waals surface area contributed by atoms with Crippen LogP contribution >= 0.6 is 15.9 Å². The minimum absolute atomic E-state index is 0.0315. The summed E-state index contributed by atoms with van der Waals surface area (Å²) < 4.78 is 1.05. The van der Waals surface area contributed by atoms with Crippen molar-refractivity contribution in [1.82, 2.24) is 0 Å². The summed E-state index contributed by atoms with van der Waals surface area (Å²) in [6.45, 7) is 4.60. The molecule has 17 heavy (non-hydrogen) atoms. The number of rotatable bonds is 5. The summed E-state index contributed by atoms with van der Waals surface area (Å²) in [7, 11) is 0. The van der Waals surface area contributed by atoms with E-state index in [4.69, 9.17) is 5.73 Å². The molecule has 0 aliphatic heterocycles. The van der Waals surface area contributed by atoms with Crippen molar-refractivity contribution in [2.75, 3.05) is 11.9 Å². The molecule has 0 saturated carbocycles. The monoisotopic (exact) mass is 298 g/mol. The lowest BCUT2D eigenvalue weighted by molar-refractivity contribution is -0.117. The number of hydrogen-bond acceptors (Lipinski definition) is 2. The second kappa shape index (κ2) is 6.77. The number of carbonyl (C=O) groups excluding carboxylic acids is 1. The number of benzene rings is 1. The van der Waals surface area contributed by atoms with E-state index in [-0.39, 0.29) is 11.8 Å². The molecule has 0 bridgehead atoms. The Bertz CT molecular complexity index is 389. The Hall–Kier alpha value is -0.870. The number of halogens is 1. The first-order chi connectivity index (χ1) is 8.06. The average molecular weight is 299 g/mol. The fraction of sp³-hybridized carbons (Fsp3) is 0.462. The predicted molar refractivity (Wildman–Crippen MR) is 75.0 cm³/mol. The maximum absolute atomic E-state index is 11.8. The molecule has 1 rings (SSSR count). The molecule has 3 N–H and O–H groups in total. The van der Waals surface area contributed by atoms with Gasteiger partial charge in [0.2, 0.25) is 5.91 Å². The van der Waals surface area contributed by atoms with Crippen LogP contribution in [0.5, 0.6) is 0 Å². The van der Waals surface area contributed by atoms with E-state index in [2.05, 4.69) is 28.2 Å². The fourth-order valence-electron chi connectivity index (χ4n) is 1.59. The molecule has 3 nitrogen and oxygen atoms in total. The Morgan fingerprint density at radius 1 is 1.53 bits per heavy atom. The third-order valence-electron chi connectivity index (χ3n) is 2.83. The summed E-state index contributed by atoms with van der Waals surface area (Å²) in [5, 5.41) is 2.89. The minimum atomic E-state index is 0.0315. The van der Waals surface area contributed by atoms with Crippen molar-refractivity contribution in [3.8, 4) is 0 Å². The van der Waals surface area contributed by atoms with Crippen LogP contribution in [0.15, 0.2) is 22.7 Å². The average Bonchev–Trinajstić information content (AvgIpc) is 2.31. The summed E-state index contributed by atoms with van der Waals surface area (Å²) in [5.41, 5.74) is 7.52. The van der Waals surface area contributed by atoms with Crippen LogP contribution in [-0.2, 0) is 4.79 Å². The van der Waals surface area contributed by atoms with E-state index in [0.717, 1.165) is 22.1 Å². The van der Waals surface area contributed by atoms with Gasteiger partial charge in [0.1, 0.15) is 0 Å². The summed E-state index contributed by atoms with van der Waals surface area (Å²) in [6.07, 6.45) is 1.42. The van der Waals surface area contributed by atoms with E-state index in [1.807, 2.05) is 25.1 Å². The zero-order chi connectivity index (χ0) is 12.8. The summed E-state index contributed by atoms with van der Waals surface area (Å²) in [5.74, 6) is 0.301. The van der Waals surface area contributed by atoms with Crippen molar-refractivity contribution in [2.45, 2.75) is 26.7 Å². The highest BCUT2D eigenvalue weighted by atomic mass is 79.9. The molecule has 0 spiro atoms. The summed E-state index contributed by atoms with van der Waals surface area (Å²) in [6, 6.07) is 5.77. The Morgan fingerprint density at radius 3 is 2.76 bits per heavy atom. The van der Waals surface area contributed by atoms with Crippen LogP contribution in [0.4, 0.5) is 5.69 Å². The number of anilines is 1. The van der Waals surface area contributed by atoms with Gasteiger partial charge >= 0.3 is 0 Å². The first-order valence-electron chi connectivity index (χ1n) is 5.82. The zero-order valence-corrected chi connectivity index (χ0v) is 11.9. The largest absolute Gasteiger partial charge is 0.330 e. The highest BCUT2D eigenvalue weighted by Gasteiger charge is 2.10. The van der Waals surface area contributed by atoms with Crippen molar-refractivity contribution in [3.63, 3.8) is 0 Å². The molecule has 0 heterocycles. The Morgan fingerprint density at radius 2 is 2.24 bits per heavy atom. The molecule has 1 amide bonds. The second-order valence-corrected chi connectivity index (χ2v) is 5.08. The van der Waals surface area contributed by atoms with E-state index in [9.17, 15) is 4.79 Å². The quantitative estimate of drug-likeness (QED) is 0.878. The maximum Gasteiger partial charge on any atom is 0.224 e. The second-order valence-electron chi connectivity index (χ2n) is 4.23. The molecule has 0 fully saturated rings. The number of hydrogen-bond donors (Lipinski definition) is 2. The third-order valence-corrected chi connectivity index (χ3v) is 3.72. The van der Waals surface area contributed by atoms with Gasteiger partial charge < -0.3 is 11.1 Å². The number of amides is 1. The number of aryl methyl sites for hydroxylation is 1. The molecule has 94 valence electrons. The van der Waals surface area contributed by atoms with Crippen LogP contribution < -0.4 is 11.1 Å². The van der Waals surface area contributed by atoms with Crippen LogP contribution in [0, 0.1) is 12.8 Å². The Balaban J connectivity index is 2.58. The molecular weight excluding hydrogens is 280 g/mol. The van der Waals surface area contributed by atoms with E-state index in [0.29, 0.717) is 13.0 Å². The SMILES string of the molecule is CCC(CN)CC(=O)Nc1ccc(Br)c(C)c1. The predicted octanol–water partition coefficient (Wildman–Crippen LogP) is 3.07. The van der Waals surface area contributed by atoms with Crippen LogP contribution in [0.3, 0.4) is 0 Å². The molecule has 1 atom stereocenters. The molecule has 0 aliphatic rings. The zero-order valence-electron chi connectivity index (χ0n) is 10.3. The van der Waals surface area contributed by atoms with Gasteiger partial charge in [0, 0.05) is 16.6 Å². The minimum Gasteiger partial charge on any atom is -0.330 e. The van der Waals surface area contributed by atoms with Crippen molar-refractivity contribution >= 4 is 27.5 Å². The van der Waals surface area contributed by atoms with Crippen molar-refractivity contribution in [2.24, 2.45) is 11.7 Å². The Kier molecular flexibility index (Phi) is 5.65. The summed E-state index contributed by atoms with van der Waals surface area (Å²) >= 11 is 3.43. The van der Waals surface area contributed by atoms with E-state index in [1.54, 1.807) is 0 Å². The highest BCUT2D eigenvalue weighted by Crippen LogP contribution is 2.20. The number of carbonyl (C=O) groups is 1. The van der Waals surface area contributed by atoms with Crippen LogP contribution in [-0.4, -0.2) is 12.5 Å². The smallest absolute Gasteiger partial charge is 0.224 e. The Labute approximate surface area is 111 Å².